The van der Waals surface area contributed by atoms with Crippen molar-refractivity contribution in [2.75, 3.05) is 19.1 Å². The maximum absolute atomic E-state index is 11.1. The highest BCUT2D eigenvalue weighted by molar-refractivity contribution is 5.80. The Morgan fingerprint density at radius 3 is 2.65 bits per heavy atom. The molecule has 0 amide bonds. The summed E-state index contributed by atoms with van der Waals surface area (Å²) in [5.74, 6) is 0.382. The Hall–Kier alpha value is -2.37. The van der Waals surface area contributed by atoms with E-state index in [9.17, 15) is 4.79 Å². The summed E-state index contributed by atoms with van der Waals surface area (Å²) in [5, 5.41) is 9.08. The molecule has 1 aromatic carbocycles. The van der Waals surface area contributed by atoms with Gasteiger partial charge in [-0.2, -0.15) is 0 Å². The van der Waals surface area contributed by atoms with Crippen LogP contribution >= 0.6 is 0 Å². The van der Waals surface area contributed by atoms with Crippen molar-refractivity contribution < 1.29 is 14.6 Å². The van der Waals surface area contributed by atoms with E-state index in [4.69, 9.17) is 9.84 Å². The molecule has 0 aliphatic heterocycles. The number of carbonyl (C=O) groups is 1. The van der Waals surface area contributed by atoms with Crippen LogP contribution < -0.4 is 9.64 Å². The fourth-order valence-corrected chi connectivity index (χ4v) is 1.92. The summed E-state index contributed by atoms with van der Waals surface area (Å²) >= 11 is 0. The van der Waals surface area contributed by atoms with E-state index in [1.54, 1.807) is 38.1 Å². The summed E-state index contributed by atoms with van der Waals surface area (Å²) in [6.07, 6.45) is 0. The van der Waals surface area contributed by atoms with Gasteiger partial charge in [-0.1, -0.05) is 0 Å². The number of hydrogen-bond acceptors (Lipinski definition) is 5. The zero-order valence-corrected chi connectivity index (χ0v) is 11.9. The second-order valence-corrected chi connectivity index (χ2v) is 4.61. The van der Waals surface area contributed by atoms with E-state index in [0.29, 0.717) is 22.8 Å². The molecule has 0 fully saturated rings. The first-order valence-corrected chi connectivity index (χ1v) is 6.22. The monoisotopic (exact) mass is 275 g/mol. The Bertz CT molecular complexity index is 657. The Balaban J connectivity index is 2.50. The number of methoxy groups -OCH3 is 1. The van der Waals surface area contributed by atoms with Crippen molar-refractivity contribution in [2.24, 2.45) is 0 Å². The SMILES string of the molecule is COc1ccc2nc(N(C)C(C)C(=O)O)c(C)nc2c1. The molecule has 0 bridgehead atoms. The van der Waals surface area contributed by atoms with Gasteiger partial charge in [-0.05, 0) is 26.0 Å². The third-order valence-electron chi connectivity index (χ3n) is 3.29. The molecular weight excluding hydrogens is 258 g/mol. The maximum atomic E-state index is 11.1. The van der Waals surface area contributed by atoms with Crippen molar-refractivity contribution in [1.29, 1.82) is 0 Å². The average molecular weight is 275 g/mol. The molecule has 0 aliphatic rings. The smallest absolute Gasteiger partial charge is 0.326 e. The van der Waals surface area contributed by atoms with Gasteiger partial charge in [0, 0.05) is 13.1 Å². The van der Waals surface area contributed by atoms with Gasteiger partial charge < -0.3 is 14.7 Å². The molecule has 0 aliphatic carbocycles. The number of carboxylic acids is 1. The van der Waals surface area contributed by atoms with Crippen LogP contribution in [0, 0.1) is 6.92 Å². The molecule has 1 heterocycles. The molecule has 1 atom stereocenters. The minimum absolute atomic E-state index is 0.567. The van der Waals surface area contributed by atoms with Crippen LogP contribution in [0.5, 0.6) is 5.75 Å². The fraction of sp³-hybridized carbons (Fsp3) is 0.357. The quantitative estimate of drug-likeness (QED) is 0.917. The van der Waals surface area contributed by atoms with E-state index in [1.807, 2.05) is 13.0 Å². The maximum Gasteiger partial charge on any atom is 0.326 e. The van der Waals surface area contributed by atoms with Crippen molar-refractivity contribution in [1.82, 2.24) is 9.97 Å². The molecule has 1 N–H and O–H groups in total. The van der Waals surface area contributed by atoms with Crippen molar-refractivity contribution >= 4 is 22.8 Å². The zero-order valence-electron chi connectivity index (χ0n) is 11.9. The number of benzene rings is 1. The number of nitrogens with zero attached hydrogens (tertiary/aromatic N) is 3. The van der Waals surface area contributed by atoms with E-state index in [1.165, 1.54) is 0 Å². The first-order chi connectivity index (χ1) is 9.43. The van der Waals surface area contributed by atoms with Crippen molar-refractivity contribution in [3.63, 3.8) is 0 Å². The summed E-state index contributed by atoms with van der Waals surface area (Å²) in [6.45, 7) is 3.42. The number of anilines is 1. The molecule has 20 heavy (non-hydrogen) atoms. The molecule has 6 heteroatoms. The summed E-state index contributed by atoms with van der Waals surface area (Å²) in [5.41, 5.74) is 2.11. The van der Waals surface area contributed by atoms with Crippen LogP contribution in [0.2, 0.25) is 0 Å². The molecule has 0 spiro atoms. The fourth-order valence-electron chi connectivity index (χ4n) is 1.92. The molecule has 0 saturated carbocycles. The van der Waals surface area contributed by atoms with E-state index in [2.05, 4.69) is 9.97 Å². The highest BCUT2D eigenvalue weighted by atomic mass is 16.5. The summed E-state index contributed by atoms with van der Waals surface area (Å²) in [7, 11) is 3.29. The third-order valence-corrected chi connectivity index (χ3v) is 3.29. The van der Waals surface area contributed by atoms with Gasteiger partial charge in [0.1, 0.15) is 11.8 Å². The van der Waals surface area contributed by atoms with Crippen LogP contribution in [0.3, 0.4) is 0 Å². The molecule has 2 aromatic rings. The van der Waals surface area contributed by atoms with Crippen LogP contribution in [-0.4, -0.2) is 41.2 Å². The third kappa shape index (κ3) is 2.49. The molecule has 1 unspecified atom stereocenters. The van der Waals surface area contributed by atoms with Crippen LogP contribution in [0.1, 0.15) is 12.6 Å². The van der Waals surface area contributed by atoms with Crippen molar-refractivity contribution in [2.45, 2.75) is 19.9 Å². The molecule has 0 saturated heterocycles. The van der Waals surface area contributed by atoms with Crippen LogP contribution in [-0.2, 0) is 4.79 Å². The second-order valence-electron chi connectivity index (χ2n) is 4.61. The number of fused-ring (bicyclic) bond motifs is 1. The highest BCUT2D eigenvalue weighted by Crippen LogP contribution is 2.23. The van der Waals surface area contributed by atoms with Gasteiger partial charge in [0.2, 0.25) is 0 Å². The summed E-state index contributed by atoms with van der Waals surface area (Å²) < 4.78 is 5.15. The van der Waals surface area contributed by atoms with Crippen LogP contribution in [0.4, 0.5) is 5.82 Å². The van der Waals surface area contributed by atoms with Gasteiger partial charge in [-0.15, -0.1) is 0 Å². The lowest BCUT2D eigenvalue weighted by atomic mass is 10.2. The van der Waals surface area contributed by atoms with Gasteiger partial charge in [0.25, 0.3) is 0 Å². The zero-order chi connectivity index (χ0) is 14.9. The number of aromatic nitrogens is 2. The van der Waals surface area contributed by atoms with Gasteiger partial charge in [0.15, 0.2) is 5.82 Å². The summed E-state index contributed by atoms with van der Waals surface area (Å²) in [6, 6.07) is 4.75. The second kappa shape index (κ2) is 5.32. The molecule has 2 rings (SSSR count). The predicted molar refractivity (Wildman–Crippen MR) is 76.3 cm³/mol. The Morgan fingerprint density at radius 2 is 2.05 bits per heavy atom. The largest absolute Gasteiger partial charge is 0.497 e. The lowest BCUT2D eigenvalue weighted by Gasteiger charge is -2.24. The number of ether oxygens (including phenoxy) is 1. The molecular formula is C14H17N3O3. The van der Waals surface area contributed by atoms with Crippen molar-refractivity contribution in [3.05, 3.63) is 23.9 Å². The molecule has 106 valence electrons. The predicted octanol–water partition coefficient (Wildman–Crippen LogP) is 1.86. The van der Waals surface area contributed by atoms with Gasteiger partial charge in [-0.3, -0.25) is 0 Å². The van der Waals surface area contributed by atoms with E-state index in [-0.39, 0.29) is 0 Å². The first kappa shape index (κ1) is 14.0. The van der Waals surface area contributed by atoms with Crippen molar-refractivity contribution in [3.8, 4) is 5.75 Å². The Morgan fingerprint density at radius 1 is 1.35 bits per heavy atom. The summed E-state index contributed by atoms with van der Waals surface area (Å²) in [4.78, 5) is 21.6. The molecule has 6 nitrogen and oxygen atoms in total. The number of aryl methyl sites for hydroxylation is 1. The number of aliphatic carboxylic acids is 1. The van der Waals surface area contributed by atoms with E-state index in [0.717, 1.165) is 5.52 Å². The first-order valence-electron chi connectivity index (χ1n) is 6.22. The van der Waals surface area contributed by atoms with Gasteiger partial charge in [0.05, 0.1) is 23.8 Å². The van der Waals surface area contributed by atoms with Crippen LogP contribution in [0.15, 0.2) is 18.2 Å². The van der Waals surface area contributed by atoms with E-state index >= 15 is 0 Å². The Kier molecular flexibility index (Phi) is 3.74. The molecule has 1 aromatic heterocycles. The average Bonchev–Trinajstić information content (AvgIpc) is 2.44. The lowest BCUT2D eigenvalue weighted by Crippen LogP contribution is -2.36. The van der Waals surface area contributed by atoms with Gasteiger partial charge in [-0.25, -0.2) is 14.8 Å². The molecule has 0 radical (unpaired) electrons. The number of carboxylic acid groups (broad SMARTS) is 1. The van der Waals surface area contributed by atoms with E-state index < -0.39 is 12.0 Å². The lowest BCUT2D eigenvalue weighted by molar-refractivity contribution is -0.138. The standard InChI is InChI=1S/C14H17N3O3/c1-8-13(17(3)9(2)14(18)19)16-11-6-5-10(20-4)7-12(11)15-8/h5-7,9H,1-4H3,(H,18,19). The number of hydrogen-bond donors (Lipinski definition) is 1. The topological polar surface area (TPSA) is 75.5 Å². The Labute approximate surface area is 117 Å². The normalized spacial score (nSPS) is 12.2. The van der Waals surface area contributed by atoms with Gasteiger partial charge >= 0.3 is 5.97 Å². The van der Waals surface area contributed by atoms with Crippen LogP contribution in [0.25, 0.3) is 11.0 Å². The minimum Gasteiger partial charge on any atom is -0.497 e. The number of likely N-dealkylation sites (N-methyl/N-ethyl adjacent to an activating group) is 1. The number of rotatable bonds is 4. The minimum atomic E-state index is -0.900. The highest BCUT2D eigenvalue weighted by Gasteiger charge is 2.20.